The van der Waals surface area contributed by atoms with E-state index in [0.29, 0.717) is 17.1 Å². The number of halogens is 1. The SMILES string of the molecule is Cc1ccc(-c2nc(S(=O)(=O)c3ccccc3)c(NCc3ccc(Cl)cc3)o2)cc1. The molecule has 3 aromatic carbocycles. The van der Waals surface area contributed by atoms with E-state index in [4.69, 9.17) is 16.0 Å². The largest absolute Gasteiger partial charge is 0.419 e. The van der Waals surface area contributed by atoms with Gasteiger partial charge in [-0.05, 0) is 48.9 Å². The zero-order valence-electron chi connectivity index (χ0n) is 16.2. The number of sulfone groups is 1. The normalized spacial score (nSPS) is 11.4. The van der Waals surface area contributed by atoms with Crippen LogP contribution in [0.4, 0.5) is 5.88 Å². The Hall–Kier alpha value is -3.09. The van der Waals surface area contributed by atoms with Gasteiger partial charge in [-0.1, -0.05) is 59.6 Å². The van der Waals surface area contributed by atoms with Crippen molar-refractivity contribution in [2.45, 2.75) is 23.4 Å². The van der Waals surface area contributed by atoms with Crippen LogP contribution in [0.3, 0.4) is 0 Å². The minimum Gasteiger partial charge on any atom is -0.419 e. The van der Waals surface area contributed by atoms with E-state index in [2.05, 4.69) is 10.3 Å². The molecular weight excluding hydrogens is 420 g/mol. The average molecular weight is 439 g/mol. The van der Waals surface area contributed by atoms with Crippen molar-refractivity contribution in [2.75, 3.05) is 5.32 Å². The average Bonchev–Trinajstić information content (AvgIpc) is 3.20. The van der Waals surface area contributed by atoms with Gasteiger partial charge >= 0.3 is 0 Å². The van der Waals surface area contributed by atoms with Gasteiger partial charge < -0.3 is 9.73 Å². The lowest BCUT2D eigenvalue weighted by Gasteiger charge is -2.06. The third-order valence-electron chi connectivity index (χ3n) is 4.57. The van der Waals surface area contributed by atoms with Crippen molar-refractivity contribution in [3.05, 3.63) is 95.0 Å². The number of anilines is 1. The van der Waals surface area contributed by atoms with E-state index in [9.17, 15) is 8.42 Å². The van der Waals surface area contributed by atoms with Crippen LogP contribution in [-0.4, -0.2) is 13.4 Å². The number of aryl methyl sites for hydroxylation is 1. The Bertz CT molecular complexity index is 1250. The summed E-state index contributed by atoms with van der Waals surface area (Å²) in [5.74, 6) is 0.340. The van der Waals surface area contributed by atoms with Crippen LogP contribution >= 0.6 is 11.6 Å². The van der Waals surface area contributed by atoms with Gasteiger partial charge in [0.05, 0.1) is 4.90 Å². The van der Waals surface area contributed by atoms with Gasteiger partial charge in [-0.2, -0.15) is 4.98 Å². The van der Waals surface area contributed by atoms with Crippen molar-refractivity contribution >= 4 is 27.3 Å². The van der Waals surface area contributed by atoms with E-state index < -0.39 is 9.84 Å². The van der Waals surface area contributed by atoms with E-state index >= 15 is 0 Å². The summed E-state index contributed by atoms with van der Waals surface area (Å²) < 4.78 is 32.3. The van der Waals surface area contributed by atoms with E-state index in [1.54, 1.807) is 42.5 Å². The Morgan fingerprint density at radius 2 is 1.60 bits per heavy atom. The molecule has 0 spiro atoms. The second kappa shape index (κ2) is 8.34. The second-order valence-corrected chi connectivity index (χ2v) is 9.12. The first kappa shape index (κ1) is 20.2. The highest BCUT2D eigenvalue weighted by atomic mass is 35.5. The summed E-state index contributed by atoms with van der Waals surface area (Å²) >= 11 is 5.94. The Labute approximate surface area is 180 Å². The highest BCUT2D eigenvalue weighted by Gasteiger charge is 2.28. The maximum Gasteiger partial charge on any atom is 0.234 e. The molecule has 7 heteroatoms. The molecule has 0 amide bonds. The van der Waals surface area contributed by atoms with Crippen LogP contribution in [0.2, 0.25) is 5.02 Å². The standard InChI is InChI=1S/C23H19ClN2O3S/c1-16-7-11-18(12-8-16)21-26-23(30(27,28)20-5-3-2-4-6-20)22(29-21)25-15-17-9-13-19(24)14-10-17/h2-14,25H,15H2,1H3. The first-order chi connectivity index (χ1) is 14.4. The summed E-state index contributed by atoms with van der Waals surface area (Å²) in [6, 6.07) is 23.0. The Kier molecular flexibility index (Phi) is 5.61. The Morgan fingerprint density at radius 3 is 2.27 bits per heavy atom. The molecule has 5 nitrogen and oxygen atoms in total. The number of aromatic nitrogens is 1. The molecular formula is C23H19ClN2O3S. The molecule has 1 aromatic heterocycles. The lowest BCUT2D eigenvalue weighted by molar-refractivity contribution is 0.576. The number of nitrogens with zero attached hydrogens (tertiary/aromatic N) is 1. The minimum absolute atomic E-state index is 0.101. The lowest BCUT2D eigenvalue weighted by atomic mass is 10.1. The smallest absolute Gasteiger partial charge is 0.234 e. The molecule has 0 atom stereocenters. The van der Waals surface area contributed by atoms with E-state index in [-0.39, 0.29) is 21.7 Å². The fourth-order valence-corrected chi connectivity index (χ4v) is 4.34. The maximum atomic E-state index is 13.2. The summed E-state index contributed by atoms with van der Waals surface area (Å²) in [5.41, 5.74) is 2.71. The second-order valence-electron chi connectivity index (χ2n) is 6.82. The number of benzene rings is 3. The van der Waals surface area contributed by atoms with Crippen molar-refractivity contribution in [3.8, 4) is 11.5 Å². The quantitative estimate of drug-likeness (QED) is 0.415. The topological polar surface area (TPSA) is 72.2 Å². The van der Waals surface area contributed by atoms with Gasteiger partial charge in [-0.15, -0.1) is 0 Å². The van der Waals surface area contributed by atoms with Crippen molar-refractivity contribution in [1.29, 1.82) is 0 Å². The Morgan fingerprint density at radius 1 is 0.933 bits per heavy atom. The third kappa shape index (κ3) is 4.25. The molecule has 0 fully saturated rings. The van der Waals surface area contributed by atoms with Gasteiger partial charge in [-0.25, -0.2) is 8.42 Å². The van der Waals surface area contributed by atoms with Crippen LogP contribution in [0.5, 0.6) is 0 Å². The van der Waals surface area contributed by atoms with Crippen LogP contribution < -0.4 is 5.32 Å². The van der Waals surface area contributed by atoms with E-state index in [1.165, 1.54) is 0 Å². The molecule has 0 aliphatic heterocycles. The third-order valence-corrected chi connectivity index (χ3v) is 6.50. The highest BCUT2D eigenvalue weighted by molar-refractivity contribution is 7.91. The van der Waals surface area contributed by atoms with E-state index in [0.717, 1.165) is 11.1 Å². The number of nitrogens with one attached hydrogen (secondary N) is 1. The number of rotatable bonds is 6. The van der Waals surface area contributed by atoms with Gasteiger partial charge in [0.1, 0.15) is 0 Å². The van der Waals surface area contributed by atoms with Gasteiger partial charge in [0.2, 0.25) is 26.6 Å². The number of oxazole rings is 1. The zero-order valence-corrected chi connectivity index (χ0v) is 17.7. The first-order valence-electron chi connectivity index (χ1n) is 9.30. The van der Waals surface area contributed by atoms with Gasteiger partial charge in [-0.3, -0.25) is 0 Å². The van der Waals surface area contributed by atoms with Crippen LogP contribution in [0.1, 0.15) is 11.1 Å². The van der Waals surface area contributed by atoms with Crippen LogP contribution in [0, 0.1) is 6.92 Å². The zero-order chi connectivity index (χ0) is 21.1. The fourth-order valence-electron chi connectivity index (χ4n) is 2.92. The van der Waals surface area contributed by atoms with Crippen LogP contribution in [0.15, 0.2) is 93.2 Å². The van der Waals surface area contributed by atoms with E-state index in [1.807, 2.05) is 43.3 Å². The number of hydrogen-bond donors (Lipinski definition) is 1. The van der Waals surface area contributed by atoms with Gasteiger partial charge in [0.25, 0.3) is 0 Å². The molecule has 0 aliphatic carbocycles. The van der Waals surface area contributed by atoms with Crippen molar-refractivity contribution in [3.63, 3.8) is 0 Å². The Balaban J connectivity index is 1.74. The fraction of sp³-hybridized carbons (Fsp3) is 0.0870. The molecule has 30 heavy (non-hydrogen) atoms. The van der Waals surface area contributed by atoms with Gasteiger partial charge in [0.15, 0.2) is 0 Å². The lowest BCUT2D eigenvalue weighted by Crippen LogP contribution is -2.07. The predicted octanol–water partition coefficient (Wildman–Crippen LogP) is 5.75. The molecule has 4 rings (SSSR count). The minimum atomic E-state index is -3.86. The molecule has 0 bridgehead atoms. The first-order valence-corrected chi connectivity index (χ1v) is 11.2. The number of hydrogen-bond acceptors (Lipinski definition) is 5. The molecule has 0 saturated heterocycles. The molecule has 0 aliphatic rings. The van der Waals surface area contributed by atoms with Crippen molar-refractivity contribution in [1.82, 2.24) is 4.98 Å². The molecule has 1 heterocycles. The van der Waals surface area contributed by atoms with Gasteiger partial charge in [0, 0.05) is 17.1 Å². The predicted molar refractivity (Wildman–Crippen MR) is 117 cm³/mol. The molecule has 0 saturated carbocycles. The monoisotopic (exact) mass is 438 g/mol. The molecule has 152 valence electrons. The summed E-state index contributed by atoms with van der Waals surface area (Å²) in [6.07, 6.45) is 0. The van der Waals surface area contributed by atoms with Crippen LogP contribution in [0.25, 0.3) is 11.5 Å². The summed E-state index contributed by atoms with van der Waals surface area (Å²) in [5, 5.41) is 3.57. The molecule has 1 N–H and O–H groups in total. The maximum absolute atomic E-state index is 13.2. The summed E-state index contributed by atoms with van der Waals surface area (Å²) in [6.45, 7) is 2.33. The van der Waals surface area contributed by atoms with Crippen molar-refractivity contribution < 1.29 is 12.8 Å². The molecule has 0 radical (unpaired) electrons. The molecule has 0 unspecified atom stereocenters. The summed E-state index contributed by atoms with van der Waals surface area (Å²) in [4.78, 5) is 4.50. The molecule has 4 aromatic rings. The van der Waals surface area contributed by atoms with Crippen molar-refractivity contribution in [2.24, 2.45) is 0 Å². The highest BCUT2D eigenvalue weighted by Crippen LogP contribution is 2.32. The van der Waals surface area contributed by atoms with Crippen LogP contribution in [-0.2, 0) is 16.4 Å². The summed E-state index contributed by atoms with van der Waals surface area (Å²) in [7, 11) is -3.86.